The van der Waals surface area contributed by atoms with Crippen LogP contribution in [0, 0.1) is 19.8 Å². The van der Waals surface area contributed by atoms with E-state index in [1.165, 1.54) is 42.4 Å². The highest BCUT2D eigenvalue weighted by atomic mass is 16.3. The third-order valence-electron chi connectivity index (χ3n) is 3.99. The summed E-state index contributed by atoms with van der Waals surface area (Å²) < 4.78 is 0. The summed E-state index contributed by atoms with van der Waals surface area (Å²) in [5.41, 5.74) is 4.01. The molecule has 1 N–H and O–H groups in total. The number of hydrogen-bond acceptors (Lipinski definition) is 1. The number of hydrogen-bond donors (Lipinski definition) is 1. The average molecular weight is 218 g/mol. The predicted molar refractivity (Wildman–Crippen MR) is 67.7 cm³/mol. The lowest BCUT2D eigenvalue weighted by molar-refractivity contribution is 0.225. The maximum absolute atomic E-state index is 9.63. The van der Waals surface area contributed by atoms with Crippen molar-refractivity contribution in [2.24, 2.45) is 5.92 Å². The predicted octanol–water partition coefficient (Wildman–Crippen LogP) is 3.57. The Kier molecular flexibility index (Phi) is 3.65. The zero-order chi connectivity index (χ0) is 11.5. The van der Waals surface area contributed by atoms with Crippen molar-refractivity contribution in [3.8, 4) is 0 Å². The minimum atomic E-state index is 0.300. The van der Waals surface area contributed by atoms with Gasteiger partial charge < -0.3 is 5.11 Å². The van der Waals surface area contributed by atoms with E-state index in [0.717, 1.165) is 0 Å². The largest absolute Gasteiger partial charge is 0.396 e. The summed E-state index contributed by atoms with van der Waals surface area (Å²) in [5.74, 6) is 1.06. The van der Waals surface area contributed by atoms with Crippen molar-refractivity contribution in [2.75, 3.05) is 6.61 Å². The van der Waals surface area contributed by atoms with Gasteiger partial charge in [0.05, 0.1) is 6.61 Å². The molecule has 88 valence electrons. The average Bonchev–Trinajstić information content (AvgIpc) is 2.75. The number of rotatable bonds is 3. The second-order valence-electron chi connectivity index (χ2n) is 5.19. The van der Waals surface area contributed by atoms with E-state index in [1.807, 2.05) is 0 Å². The van der Waals surface area contributed by atoms with Crippen LogP contribution in [0.2, 0.25) is 0 Å². The maximum Gasteiger partial charge on any atom is 0.0502 e. The highest BCUT2D eigenvalue weighted by Crippen LogP contribution is 2.38. The summed E-state index contributed by atoms with van der Waals surface area (Å²) in [5, 5.41) is 9.63. The summed E-state index contributed by atoms with van der Waals surface area (Å²) in [7, 11) is 0. The minimum Gasteiger partial charge on any atom is -0.396 e. The van der Waals surface area contributed by atoms with Gasteiger partial charge in [-0.2, -0.15) is 0 Å². The van der Waals surface area contributed by atoms with E-state index in [4.69, 9.17) is 0 Å². The Balaban J connectivity index is 2.25. The number of aliphatic hydroxyl groups excluding tert-OH is 1. The van der Waals surface area contributed by atoms with E-state index >= 15 is 0 Å². The topological polar surface area (TPSA) is 20.2 Å². The fraction of sp³-hybridized carbons (Fsp3) is 0.600. The van der Waals surface area contributed by atoms with Crippen molar-refractivity contribution < 1.29 is 5.11 Å². The molecule has 0 saturated heterocycles. The molecule has 0 bridgehead atoms. The maximum atomic E-state index is 9.63. The van der Waals surface area contributed by atoms with Gasteiger partial charge in [-0.25, -0.2) is 0 Å². The molecule has 0 aliphatic heterocycles. The number of aliphatic hydroxyl groups is 1. The molecule has 1 aromatic rings. The molecule has 0 radical (unpaired) electrons. The van der Waals surface area contributed by atoms with Crippen molar-refractivity contribution in [2.45, 2.75) is 45.4 Å². The molecule has 1 saturated carbocycles. The van der Waals surface area contributed by atoms with Gasteiger partial charge in [0.25, 0.3) is 0 Å². The quantitative estimate of drug-likeness (QED) is 0.822. The van der Waals surface area contributed by atoms with Crippen LogP contribution in [0.15, 0.2) is 18.2 Å². The van der Waals surface area contributed by atoms with Crippen molar-refractivity contribution in [1.29, 1.82) is 0 Å². The van der Waals surface area contributed by atoms with E-state index in [2.05, 4.69) is 32.0 Å². The fourth-order valence-corrected chi connectivity index (χ4v) is 3.10. The Labute approximate surface area is 98.5 Å². The highest BCUT2D eigenvalue weighted by Gasteiger charge is 2.26. The zero-order valence-electron chi connectivity index (χ0n) is 10.4. The molecule has 0 heterocycles. The first kappa shape index (κ1) is 11.7. The lowest BCUT2D eigenvalue weighted by Gasteiger charge is -2.23. The Bertz CT molecular complexity index is 350. The van der Waals surface area contributed by atoms with Gasteiger partial charge in [0, 0.05) is 5.92 Å². The van der Waals surface area contributed by atoms with Crippen molar-refractivity contribution in [3.63, 3.8) is 0 Å². The lowest BCUT2D eigenvalue weighted by Crippen LogP contribution is -2.15. The van der Waals surface area contributed by atoms with Crippen molar-refractivity contribution >= 4 is 0 Å². The van der Waals surface area contributed by atoms with E-state index in [9.17, 15) is 5.11 Å². The van der Waals surface area contributed by atoms with Crippen LogP contribution in [0.5, 0.6) is 0 Å². The second kappa shape index (κ2) is 5.01. The molecule has 1 aliphatic carbocycles. The van der Waals surface area contributed by atoms with Crippen LogP contribution in [0.3, 0.4) is 0 Å². The molecule has 1 aromatic carbocycles. The fourth-order valence-electron chi connectivity index (χ4n) is 3.10. The molecule has 1 unspecified atom stereocenters. The first-order valence-corrected chi connectivity index (χ1v) is 6.40. The first-order chi connectivity index (χ1) is 7.72. The molecular weight excluding hydrogens is 196 g/mol. The Morgan fingerprint density at radius 3 is 2.50 bits per heavy atom. The summed E-state index contributed by atoms with van der Waals surface area (Å²) in [6.45, 7) is 4.59. The van der Waals surface area contributed by atoms with E-state index in [0.29, 0.717) is 18.4 Å². The van der Waals surface area contributed by atoms with Crippen LogP contribution in [-0.2, 0) is 0 Å². The standard InChI is InChI=1S/C15H22O/c1-11-7-8-14(12(2)9-11)15(10-16)13-5-3-4-6-13/h7-9,13,15-16H,3-6,10H2,1-2H3. The van der Waals surface area contributed by atoms with Gasteiger partial charge in [-0.3, -0.25) is 0 Å². The molecule has 1 atom stereocenters. The van der Waals surface area contributed by atoms with Gasteiger partial charge >= 0.3 is 0 Å². The number of aryl methyl sites for hydroxylation is 2. The molecule has 2 rings (SSSR count). The molecule has 0 amide bonds. The van der Waals surface area contributed by atoms with E-state index in [1.54, 1.807) is 0 Å². The van der Waals surface area contributed by atoms with Crippen LogP contribution in [0.4, 0.5) is 0 Å². The van der Waals surface area contributed by atoms with E-state index < -0.39 is 0 Å². The van der Waals surface area contributed by atoms with Gasteiger partial charge in [0.1, 0.15) is 0 Å². The van der Waals surface area contributed by atoms with Crippen LogP contribution < -0.4 is 0 Å². The van der Waals surface area contributed by atoms with Gasteiger partial charge in [-0.05, 0) is 43.7 Å². The smallest absolute Gasteiger partial charge is 0.0502 e. The van der Waals surface area contributed by atoms with Crippen molar-refractivity contribution in [3.05, 3.63) is 34.9 Å². The first-order valence-electron chi connectivity index (χ1n) is 6.40. The molecule has 0 aromatic heterocycles. The minimum absolute atomic E-state index is 0.300. The second-order valence-corrected chi connectivity index (χ2v) is 5.19. The molecular formula is C15H22O. The summed E-state index contributed by atoms with van der Waals surface area (Å²) in [6.07, 6.45) is 5.26. The van der Waals surface area contributed by atoms with Crippen LogP contribution in [-0.4, -0.2) is 11.7 Å². The molecule has 1 heteroatoms. The molecule has 1 fully saturated rings. The van der Waals surface area contributed by atoms with Gasteiger partial charge in [0.2, 0.25) is 0 Å². The van der Waals surface area contributed by atoms with Crippen LogP contribution in [0.1, 0.15) is 48.3 Å². The summed E-state index contributed by atoms with van der Waals surface area (Å²) >= 11 is 0. The third-order valence-corrected chi connectivity index (χ3v) is 3.99. The normalized spacial score (nSPS) is 18.9. The third kappa shape index (κ3) is 2.30. The van der Waals surface area contributed by atoms with Crippen LogP contribution in [0.25, 0.3) is 0 Å². The summed E-state index contributed by atoms with van der Waals surface area (Å²) in [4.78, 5) is 0. The van der Waals surface area contributed by atoms with E-state index in [-0.39, 0.29) is 0 Å². The molecule has 16 heavy (non-hydrogen) atoms. The highest BCUT2D eigenvalue weighted by molar-refractivity contribution is 5.33. The lowest BCUT2D eigenvalue weighted by atomic mass is 9.83. The Morgan fingerprint density at radius 1 is 1.25 bits per heavy atom. The zero-order valence-corrected chi connectivity index (χ0v) is 10.4. The molecule has 0 spiro atoms. The number of benzene rings is 1. The SMILES string of the molecule is Cc1ccc(C(CO)C2CCCC2)c(C)c1. The molecule has 1 nitrogen and oxygen atoms in total. The Hall–Kier alpha value is -0.820. The summed E-state index contributed by atoms with van der Waals surface area (Å²) in [6, 6.07) is 6.61. The van der Waals surface area contributed by atoms with Crippen LogP contribution >= 0.6 is 0 Å². The monoisotopic (exact) mass is 218 g/mol. The Morgan fingerprint density at radius 2 is 1.94 bits per heavy atom. The van der Waals surface area contributed by atoms with Crippen molar-refractivity contribution in [1.82, 2.24) is 0 Å². The van der Waals surface area contributed by atoms with Gasteiger partial charge in [-0.15, -0.1) is 0 Å². The van der Waals surface area contributed by atoms with Gasteiger partial charge in [-0.1, -0.05) is 36.6 Å². The van der Waals surface area contributed by atoms with Gasteiger partial charge in [0.15, 0.2) is 0 Å². The molecule has 1 aliphatic rings.